The second-order valence-electron chi connectivity index (χ2n) is 3.56. The number of aryl methyl sites for hydroxylation is 1. The Balaban J connectivity index is 2.39. The Morgan fingerprint density at radius 2 is 2.36 bits per heavy atom. The monoisotopic (exact) mass is 230 g/mol. The summed E-state index contributed by atoms with van der Waals surface area (Å²) in [5.74, 6) is 0. The molecular formula is C10H12Cl2N2. The molecular weight excluding hydrogens is 219 g/mol. The summed E-state index contributed by atoms with van der Waals surface area (Å²) in [6.45, 7) is 0. The van der Waals surface area contributed by atoms with Gasteiger partial charge >= 0.3 is 0 Å². The first-order valence-corrected chi connectivity index (χ1v) is 5.52. The van der Waals surface area contributed by atoms with E-state index in [4.69, 9.17) is 23.2 Å². The molecule has 0 aromatic carbocycles. The van der Waals surface area contributed by atoms with Crippen molar-refractivity contribution >= 4 is 28.8 Å². The third-order valence-electron chi connectivity index (χ3n) is 2.51. The van der Waals surface area contributed by atoms with E-state index in [-0.39, 0.29) is 5.38 Å². The van der Waals surface area contributed by atoms with Gasteiger partial charge in [0.2, 0.25) is 0 Å². The lowest BCUT2D eigenvalue weighted by Crippen LogP contribution is -2.06. The van der Waals surface area contributed by atoms with E-state index in [0.717, 1.165) is 25.0 Å². The van der Waals surface area contributed by atoms with Gasteiger partial charge in [0.15, 0.2) is 0 Å². The molecule has 76 valence electrons. The van der Waals surface area contributed by atoms with Crippen LogP contribution in [0.25, 0.3) is 5.57 Å². The van der Waals surface area contributed by atoms with Crippen molar-refractivity contribution in [3.63, 3.8) is 0 Å². The largest absolute Gasteiger partial charge is 0.267 e. The third-order valence-corrected chi connectivity index (χ3v) is 3.13. The van der Waals surface area contributed by atoms with E-state index < -0.39 is 0 Å². The highest BCUT2D eigenvalue weighted by Gasteiger charge is 2.17. The molecule has 2 rings (SSSR count). The SMILES string of the molecule is Cn1ncc(Cl)c1C1=CC(Cl)CCC1. The Labute approximate surface area is 93.5 Å². The van der Waals surface area contributed by atoms with Crippen LogP contribution in [0, 0.1) is 0 Å². The van der Waals surface area contributed by atoms with E-state index in [1.807, 2.05) is 11.7 Å². The lowest BCUT2D eigenvalue weighted by Gasteiger charge is -2.16. The number of halogens is 2. The predicted octanol–water partition coefficient (Wildman–Crippen LogP) is 3.25. The van der Waals surface area contributed by atoms with Gasteiger partial charge in [-0.3, -0.25) is 4.68 Å². The fourth-order valence-electron chi connectivity index (χ4n) is 1.84. The highest BCUT2D eigenvalue weighted by Crippen LogP contribution is 2.32. The second-order valence-corrected chi connectivity index (χ2v) is 4.53. The summed E-state index contributed by atoms with van der Waals surface area (Å²) < 4.78 is 1.81. The Morgan fingerprint density at radius 3 is 2.93 bits per heavy atom. The summed E-state index contributed by atoms with van der Waals surface area (Å²) in [5.41, 5.74) is 2.23. The minimum Gasteiger partial charge on any atom is -0.267 e. The van der Waals surface area contributed by atoms with Crippen LogP contribution in [0.2, 0.25) is 5.02 Å². The van der Waals surface area contributed by atoms with Crippen molar-refractivity contribution in [2.75, 3.05) is 0 Å². The van der Waals surface area contributed by atoms with Crippen molar-refractivity contribution in [2.24, 2.45) is 7.05 Å². The summed E-state index contributed by atoms with van der Waals surface area (Å²) in [6.07, 6.45) is 6.99. The third kappa shape index (κ3) is 1.82. The molecule has 0 bridgehead atoms. The van der Waals surface area contributed by atoms with Gasteiger partial charge in [0.1, 0.15) is 0 Å². The van der Waals surface area contributed by atoms with Gasteiger partial charge in [-0.05, 0) is 24.8 Å². The van der Waals surface area contributed by atoms with Gasteiger partial charge in [-0.1, -0.05) is 17.7 Å². The summed E-state index contributed by atoms with van der Waals surface area (Å²) in [6, 6.07) is 0. The van der Waals surface area contributed by atoms with Crippen LogP contribution in [-0.2, 0) is 7.05 Å². The molecule has 0 aliphatic heterocycles. The summed E-state index contributed by atoms with van der Waals surface area (Å²) in [5, 5.41) is 4.97. The molecule has 1 heterocycles. The summed E-state index contributed by atoms with van der Waals surface area (Å²) in [4.78, 5) is 0. The van der Waals surface area contributed by atoms with E-state index in [1.165, 1.54) is 5.57 Å². The van der Waals surface area contributed by atoms with Gasteiger partial charge in [-0.25, -0.2) is 0 Å². The Bertz CT molecular complexity index is 349. The maximum atomic E-state index is 6.08. The molecule has 0 N–H and O–H groups in total. The van der Waals surface area contributed by atoms with E-state index >= 15 is 0 Å². The van der Waals surface area contributed by atoms with Crippen LogP contribution in [0.4, 0.5) is 0 Å². The van der Waals surface area contributed by atoms with E-state index in [9.17, 15) is 0 Å². The lowest BCUT2D eigenvalue weighted by molar-refractivity contribution is 0.717. The number of allylic oxidation sites excluding steroid dienone is 2. The molecule has 14 heavy (non-hydrogen) atoms. The molecule has 1 aromatic heterocycles. The number of hydrogen-bond acceptors (Lipinski definition) is 1. The van der Waals surface area contributed by atoms with Crippen LogP contribution in [0.5, 0.6) is 0 Å². The number of rotatable bonds is 1. The first-order chi connectivity index (χ1) is 6.68. The van der Waals surface area contributed by atoms with Gasteiger partial charge in [-0.2, -0.15) is 5.10 Å². The molecule has 0 saturated heterocycles. The average molecular weight is 231 g/mol. The predicted molar refractivity (Wildman–Crippen MR) is 59.7 cm³/mol. The Kier molecular flexibility index (Phi) is 2.84. The molecule has 2 nitrogen and oxygen atoms in total. The molecule has 1 aromatic rings. The molecule has 1 unspecified atom stereocenters. The van der Waals surface area contributed by atoms with Gasteiger partial charge in [0.05, 0.1) is 22.3 Å². The van der Waals surface area contributed by atoms with Crippen LogP contribution in [0.3, 0.4) is 0 Å². The van der Waals surface area contributed by atoms with Gasteiger partial charge in [0, 0.05) is 7.05 Å². The van der Waals surface area contributed by atoms with Crippen LogP contribution >= 0.6 is 23.2 Å². The van der Waals surface area contributed by atoms with Crippen molar-refractivity contribution < 1.29 is 0 Å². The molecule has 0 amide bonds. The van der Waals surface area contributed by atoms with Crippen LogP contribution in [0.15, 0.2) is 12.3 Å². The summed E-state index contributed by atoms with van der Waals surface area (Å²) in [7, 11) is 1.90. The smallest absolute Gasteiger partial charge is 0.0862 e. The van der Waals surface area contributed by atoms with Crippen molar-refractivity contribution in [1.29, 1.82) is 0 Å². The first kappa shape index (κ1) is 10.1. The normalized spacial score (nSPS) is 22.2. The first-order valence-electron chi connectivity index (χ1n) is 4.71. The van der Waals surface area contributed by atoms with Crippen LogP contribution < -0.4 is 0 Å². The molecule has 1 atom stereocenters. The van der Waals surface area contributed by atoms with Crippen LogP contribution in [-0.4, -0.2) is 15.2 Å². The van der Waals surface area contributed by atoms with Crippen molar-refractivity contribution in [3.05, 3.63) is 23.0 Å². The van der Waals surface area contributed by atoms with Crippen molar-refractivity contribution in [1.82, 2.24) is 9.78 Å². The Hall–Kier alpha value is -0.470. The molecule has 0 spiro atoms. The Morgan fingerprint density at radius 1 is 1.57 bits per heavy atom. The standard InChI is InChI=1S/C10H12Cl2N2/c1-14-10(9(12)6-13-14)7-3-2-4-8(11)5-7/h5-6,8H,2-4H2,1H3. The van der Waals surface area contributed by atoms with Gasteiger partial charge in [-0.15, -0.1) is 11.6 Å². The zero-order valence-electron chi connectivity index (χ0n) is 8.00. The highest BCUT2D eigenvalue weighted by molar-refractivity contribution is 6.32. The minimum absolute atomic E-state index is 0.143. The zero-order valence-corrected chi connectivity index (χ0v) is 9.52. The highest BCUT2D eigenvalue weighted by atomic mass is 35.5. The fraction of sp³-hybridized carbons (Fsp3) is 0.500. The number of aromatic nitrogens is 2. The summed E-state index contributed by atoms with van der Waals surface area (Å²) >= 11 is 12.1. The fourth-order valence-corrected chi connectivity index (χ4v) is 2.44. The van der Waals surface area contributed by atoms with Crippen LogP contribution in [0.1, 0.15) is 25.0 Å². The van der Waals surface area contributed by atoms with Gasteiger partial charge < -0.3 is 0 Å². The average Bonchev–Trinajstić information content (AvgIpc) is 2.46. The maximum absolute atomic E-state index is 6.08. The number of hydrogen-bond donors (Lipinski definition) is 0. The van der Waals surface area contributed by atoms with E-state index in [0.29, 0.717) is 5.02 Å². The molecule has 4 heteroatoms. The van der Waals surface area contributed by atoms with E-state index in [2.05, 4.69) is 11.2 Å². The van der Waals surface area contributed by atoms with E-state index in [1.54, 1.807) is 6.20 Å². The quantitative estimate of drug-likeness (QED) is 0.678. The number of nitrogens with zero attached hydrogens (tertiary/aromatic N) is 2. The molecule has 1 aliphatic rings. The molecule has 0 fully saturated rings. The van der Waals surface area contributed by atoms with Crippen molar-refractivity contribution in [2.45, 2.75) is 24.6 Å². The lowest BCUT2D eigenvalue weighted by atomic mass is 9.97. The zero-order chi connectivity index (χ0) is 10.1. The molecule has 1 aliphatic carbocycles. The second kappa shape index (κ2) is 3.95. The maximum Gasteiger partial charge on any atom is 0.0862 e. The minimum atomic E-state index is 0.143. The molecule has 0 saturated carbocycles. The van der Waals surface area contributed by atoms with Crippen molar-refractivity contribution in [3.8, 4) is 0 Å². The number of alkyl halides is 1. The molecule has 0 radical (unpaired) electrons. The topological polar surface area (TPSA) is 17.8 Å². The van der Waals surface area contributed by atoms with Gasteiger partial charge in [0.25, 0.3) is 0 Å².